The summed E-state index contributed by atoms with van der Waals surface area (Å²) in [6, 6.07) is -0.410. The van der Waals surface area contributed by atoms with Crippen molar-refractivity contribution < 1.29 is 9.59 Å². The Morgan fingerprint density at radius 2 is 2.12 bits per heavy atom. The molecule has 1 aliphatic rings. The molecule has 2 unspecified atom stereocenters. The largest absolute Gasteiger partial charge is 0.342 e. The average molecular weight is 238 g/mol. The molecule has 0 bridgehead atoms. The number of rotatable bonds is 3. The molecule has 0 aliphatic carbocycles. The van der Waals surface area contributed by atoms with Crippen molar-refractivity contribution in [1.29, 1.82) is 0 Å². The molecule has 2 amide bonds. The monoisotopic (exact) mass is 238 g/mol. The maximum atomic E-state index is 12.3. The summed E-state index contributed by atoms with van der Waals surface area (Å²) in [5.74, 6) is -0.0770. The van der Waals surface area contributed by atoms with E-state index in [0.717, 1.165) is 0 Å². The Balaban J connectivity index is 2.89. The molecule has 4 nitrogen and oxygen atoms in total. The maximum absolute atomic E-state index is 12.3. The van der Waals surface area contributed by atoms with E-state index in [1.54, 1.807) is 11.0 Å². The average Bonchev–Trinajstić information content (AvgIpc) is 2.19. The summed E-state index contributed by atoms with van der Waals surface area (Å²) >= 11 is 0. The predicted molar refractivity (Wildman–Crippen MR) is 67.4 cm³/mol. The Hall–Kier alpha value is -1.32. The second kappa shape index (κ2) is 4.90. The molecule has 0 radical (unpaired) electrons. The van der Waals surface area contributed by atoms with Crippen molar-refractivity contribution in [3.63, 3.8) is 0 Å². The van der Waals surface area contributed by atoms with Gasteiger partial charge in [-0.1, -0.05) is 26.8 Å². The standard InChI is InChI=1S/C13H22N2O2/c1-6-7-9(2)15-8-10(16)14-11(12(15)17)13(3,4)5/h6,9,11H,1,7-8H2,2-5H3,(H,14,16). The lowest BCUT2D eigenvalue weighted by molar-refractivity contribution is -0.149. The fourth-order valence-corrected chi connectivity index (χ4v) is 2.00. The molecule has 96 valence electrons. The summed E-state index contributed by atoms with van der Waals surface area (Å²) in [7, 11) is 0. The third kappa shape index (κ3) is 3.08. The van der Waals surface area contributed by atoms with Crippen molar-refractivity contribution in [1.82, 2.24) is 10.2 Å². The van der Waals surface area contributed by atoms with Gasteiger partial charge in [0.15, 0.2) is 0 Å². The van der Waals surface area contributed by atoms with Gasteiger partial charge in [-0.25, -0.2) is 0 Å². The van der Waals surface area contributed by atoms with Gasteiger partial charge >= 0.3 is 0 Å². The molecule has 1 fully saturated rings. The molecule has 0 spiro atoms. The predicted octanol–water partition coefficient (Wildman–Crippen LogP) is 1.32. The molecule has 1 heterocycles. The van der Waals surface area contributed by atoms with E-state index < -0.39 is 6.04 Å². The summed E-state index contributed by atoms with van der Waals surface area (Å²) in [4.78, 5) is 25.6. The number of nitrogens with zero attached hydrogens (tertiary/aromatic N) is 1. The van der Waals surface area contributed by atoms with Crippen molar-refractivity contribution in [3.8, 4) is 0 Å². The first kappa shape index (κ1) is 13.7. The molecule has 1 rings (SSSR count). The number of amides is 2. The molecule has 17 heavy (non-hydrogen) atoms. The molecular formula is C13H22N2O2. The molecule has 0 aromatic rings. The van der Waals surface area contributed by atoms with E-state index >= 15 is 0 Å². The van der Waals surface area contributed by atoms with E-state index in [-0.39, 0.29) is 29.8 Å². The molecule has 0 aromatic heterocycles. The highest BCUT2D eigenvalue weighted by molar-refractivity contribution is 5.95. The van der Waals surface area contributed by atoms with E-state index in [1.807, 2.05) is 27.7 Å². The van der Waals surface area contributed by atoms with Crippen LogP contribution in [0.3, 0.4) is 0 Å². The third-order valence-corrected chi connectivity index (χ3v) is 3.06. The summed E-state index contributed by atoms with van der Waals surface area (Å²) in [6.45, 7) is 11.6. The van der Waals surface area contributed by atoms with Gasteiger partial charge in [0, 0.05) is 6.04 Å². The van der Waals surface area contributed by atoms with Gasteiger partial charge in [0.05, 0.1) is 6.54 Å². The van der Waals surface area contributed by atoms with Crippen molar-refractivity contribution in [2.24, 2.45) is 5.41 Å². The van der Waals surface area contributed by atoms with Gasteiger partial charge in [0.2, 0.25) is 11.8 Å². The van der Waals surface area contributed by atoms with Gasteiger partial charge in [-0.15, -0.1) is 6.58 Å². The van der Waals surface area contributed by atoms with Gasteiger partial charge in [-0.05, 0) is 18.8 Å². The zero-order chi connectivity index (χ0) is 13.2. The Bertz CT molecular complexity index is 331. The van der Waals surface area contributed by atoms with Crippen LogP contribution in [-0.4, -0.2) is 35.3 Å². The number of nitrogens with one attached hydrogen (secondary N) is 1. The smallest absolute Gasteiger partial charge is 0.246 e. The van der Waals surface area contributed by atoms with Crippen LogP contribution in [0.5, 0.6) is 0 Å². The first-order valence-corrected chi connectivity index (χ1v) is 5.98. The highest BCUT2D eigenvalue weighted by Gasteiger charge is 2.41. The van der Waals surface area contributed by atoms with Crippen molar-refractivity contribution >= 4 is 11.8 Å². The normalized spacial score (nSPS) is 23.3. The van der Waals surface area contributed by atoms with Gasteiger partial charge in [0.1, 0.15) is 6.04 Å². The van der Waals surface area contributed by atoms with Crippen molar-refractivity contribution in [3.05, 3.63) is 12.7 Å². The van der Waals surface area contributed by atoms with Crippen LogP contribution in [-0.2, 0) is 9.59 Å². The lowest BCUT2D eigenvalue weighted by atomic mass is 9.84. The Kier molecular flexibility index (Phi) is 3.96. The number of carbonyl (C=O) groups excluding carboxylic acids is 2. The lowest BCUT2D eigenvalue weighted by Gasteiger charge is -2.41. The molecule has 1 saturated heterocycles. The van der Waals surface area contributed by atoms with Gasteiger partial charge in [0.25, 0.3) is 0 Å². The van der Waals surface area contributed by atoms with E-state index in [2.05, 4.69) is 11.9 Å². The molecule has 4 heteroatoms. The quantitative estimate of drug-likeness (QED) is 0.754. The highest BCUT2D eigenvalue weighted by Crippen LogP contribution is 2.24. The van der Waals surface area contributed by atoms with Crippen LogP contribution in [0.1, 0.15) is 34.1 Å². The van der Waals surface area contributed by atoms with E-state index in [4.69, 9.17) is 0 Å². The summed E-state index contributed by atoms with van der Waals surface area (Å²) < 4.78 is 0. The lowest BCUT2D eigenvalue weighted by Crippen LogP contribution is -2.63. The first-order valence-electron chi connectivity index (χ1n) is 5.98. The second-order valence-electron chi connectivity index (χ2n) is 5.71. The van der Waals surface area contributed by atoms with Crippen LogP contribution in [0, 0.1) is 5.41 Å². The topological polar surface area (TPSA) is 49.4 Å². The van der Waals surface area contributed by atoms with Crippen LogP contribution in [0.2, 0.25) is 0 Å². The van der Waals surface area contributed by atoms with E-state index in [1.165, 1.54) is 0 Å². The van der Waals surface area contributed by atoms with Crippen LogP contribution in [0.15, 0.2) is 12.7 Å². The molecule has 1 N–H and O–H groups in total. The zero-order valence-electron chi connectivity index (χ0n) is 11.1. The maximum Gasteiger partial charge on any atom is 0.246 e. The number of carbonyl (C=O) groups is 2. The Morgan fingerprint density at radius 1 is 1.53 bits per heavy atom. The molecular weight excluding hydrogens is 216 g/mol. The minimum absolute atomic E-state index is 0.00597. The highest BCUT2D eigenvalue weighted by atomic mass is 16.2. The minimum atomic E-state index is -0.434. The van der Waals surface area contributed by atoms with Gasteiger partial charge < -0.3 is 10.2 Å². The summed E-state index contributed by atoms with van der Waals surface area (Å²) in [5.41, 5.74) is -0.265. The van der Waals surface area contributed by atoms with Crippen LogP contribution in [0.4, 0.5) is 0 Å². The van der Waals surface area contributed by atoms with Gasteiger partial charge in [-0.3, -0.25) is 9.59 Å². The summed E-state index contributed by atoms with van der Waals surface area (Å²) in [6.07, 6.45) is 2.48. The fraction of sp³-hybridized carbons (Fsp3) is 0.692. The van der Waals surface area contributed by atoms with Crippen molar-refractivity contribution in [2.75, 3.05) is 6.54 Å². The summed E-state index contributed by atoms with van der Waals surface area (Å²) in [5, 5.41) is 2.78. The number of piperazine rings is 1. The molecule has 0 aromatic carbocycles. The zero-order valence-corrected chi connectivity index (χ0v) is 11.1. The van der Waals surface area contributed by atoms with Gasteiger partial charge in [-0.2, -0.15) is 0 Å². The van der Waals surface area contributed by atoms with E-state index in [0.29, 0.717) is 6.42 Å². The third-order valence-electron chi connectivity index (χ3n) is 3.06. The van der Waals surface area contributed by atoms with Crippen LogP contribution in [0.25, 0.3) is 0 Å². The molecule has 2 atom stereocenters. The first-order chi connectivity index (χ1) is 7.77. The second-order valence-corrected chi connectivity index (χ2v) is 5.71. The minimum Gasteiger partial charge on any atom is -0.342 e. The number of hydrogen-bond donors (Lipinski definition) is 1. The van der Waals surface area contributed by atoms with Crippen LogP contribution >= 0.6 is 0 Å². The Labute approximate surface area is 103 Å². The molecule has 0 saturated carbocycles. The SMILES string of the molecule is C=CCC(C)N1CC(=O)NC(C(C)(C)C)C1=O. The number of hydrogen-bond acceptors (Lipinski definition) is 2. The van der Waals surface area contributed by atoms with E-state index in [9.17, 15) is 9.59 Å². The van der Waals surface area contributed by atoms with Crippen molar-refractivity contribution in [2.45, 2.75) is 46.2 Å². The fourth-order valence-electron chi connectivity index (χ4n) is 2.00. The van der Waals surface area contributed by atoms with Crippen LogP contribution < -0.4 is 5.32 Å². The Morgan fingerprint density at radius 3 is 2.59 bits per heavy atom. The molecule has 1 aliphatic heterocycles.